The maximum Gasteiger partial charge on any atom is 0.230 e. The highest BCUT2D eigenvalue weighted by Crippen LogP contribution is 2.17. The van der Waals surface area contributed by atoms with Crippen molar-refractivity contribution in [3.05, 3.63) is 35.7 Å². The van der Waals surface area contributed by atoms with Crippen LogP contribution in [0.2, 0.25) is 0 Å². The molecule has 1 amide bonds. The Hall–Kier alpha value is -2.06. The summed E-state index contributed by atoms with van der Waals surface area (Å²) in [6, 6.07) is 7.49. The zero-order valence-electron chi connectivity index (χ0n) is 14.2. The van der Waals surface area contributed by atoms with Gasteiger partial charge >= 0.3 is 0 Å². The van der Waals surface area contributed by atoms with Gasteiger partial charge in [-0.15, -0.1) is 5.10 Å². The van der Waals surface area contributed by atoms with E-state index in [0.717, 1.165) is 43.9 Å². The molecule has 3 N–H and O–H groups in total. The average molecular weight is 361 g/mol. The van der Waals surface area contributed by atoms with E-state index in [-0.39, 0.29) is 11.9 Å². The number of phenolic OH excluding ortho intramolecular Hbond substituents is 1. The van der Waals surface area contributed by atoms with Gasteiger partial charge in [-0.3, -0.25) is 14.8 Å². The summed E-state index contributed by atoms with van der Waals surface area (Å²) in [6.45, 7) is 4.45. The highest BCUT2D eigenvalue weighted by molar-refractivity contribution is 7.99. The Morgan fingerprint density at radius 3 is 3.16 bits per heavy atom. The predicted octanol–water partition coefficient (Wildman–Crippen LogP) is 1.69. The number of hydrogen-bond donors (Lipinski definition) is 3. The van der Waals surface area contributed by atoms with E-state index in [2.05, 4.69) is 25.4 Å². The molecular formula is C17H23N5O2S. The number of benzene rings is 1. The van der Waals surface area contributed by atoms with Gasteiger partial charge in [-0.1, -0.05) is 23.9 Å². The summed E-state index contributed by atoms with van der Waals surface area (Å²) in [5, 5.41) is 20.1. The minimum atomic E-state index is 0.0108. The van der Waals surface area contributed by atoms with Crippen molar-refractivity contribution >= 4 is 17.7 Å². The van der Waals surface area contributed by atoms with Gasteiger partial charge in [-0.05, 0) is 44.0 Å². The third kappa shape index (κ3) is 5.47. The molecule has 1 saturated heterocycles. The molecule has 25 heavy (non-hydrogen) atoms. The third-order valence-electron chi connectivity index (χ3n) is 4.10. The Kier molecular flexibility index (Phi) is 5.93. The minimum Gasteiger partial charge on any atom is -0.508 e. The summed E-state index contributed by atoms with van der Waals surface area (Å²) in [7, 11) is 0. The van der Waals surface area contributed by atoms with Crippen molar-refractivity contribution in [3.63, 3.8) is 0 Å². The van der Waals surface area contributed by atoms with Crippen LogP contribution in [0.15, 0.2) is 29.4 Å². The second-order valence-electron chi connectivity index (χ2n) is 6.30. The lowest BCUT2D eigenvalue weighted by Crippen LogP contribution is -2.47. The van der Waals surface area contributed by atoms with Gasteiger partial charge in [-0.2, -0.15) is 0 Å². The number of nitrogens with zero attached hydrogens (tertiary/aromatic N) is 3. The molecule has 3 rings (SSSR count). The van der Waals surface area contributed by atoms with E-state index < -0.39 is 0 Å². The second-order valence-corrected chi connectivity index (χ2v) is 7.25. The zero-order valence-corrected chi connectivity index (χ0v) is 15.1. The fourth-order valence-corrected chi connectivity index (χ4v) is 3.67. The van der Waals surface area contributed by atoms with Crippen LogP contribution < -0.4 is 5.32 Å². The fraction of sp³-hybridized carbons (Fsp3) is 0.471. The minimum absolute atomic E-state index is 0.0108. The van der Waals surface area contributed by atoms with Crippen molar-refractivity contribution in [2.45, 2.75) is 37.5 Å². The molecule has 0 spiro atoms. The lowest BCUT2D eigenvalue weighted by molar-refractivity contribution is -0.119. The van der Waals surface area contributed by atoms with Crippen LogP contribution in [0.4, 0.5) is 0 Å². The molecule has 1 aromatic carbocycles. The van der Waals surface area contributed by atoms with E-state index in [9.17, 15) is 9.90 Å². The van der Waals surface area contributed by atoms with Crippen LogP contribution >= 0.6 is 11.8 Å². The number of thioether (sulfide) groups is 1. The van der Waals surface area contributed by atoms with E-state index in [4.69, 9.17) is 0 Å². The highest BCUT2D eigenvalue weighted by atomic mass is 32.2. The topological polar surface area (TPSA) is 94.1 Å². The Balaban J connectivity index is 1.45. The van der Waals surface area contributed by atoms with Crippen molar-refractivity contribution in [1.82, 2.24) is 25.4 Å². The zero-order chi connectivity index (χ0) is 17.6. The van der Waals surface area contributed by atoms with Gasteiger partial charge in [0.05, 0.1) is 5.75 Å². The van der Waals surface area contributed by atoms with Crippen LogP contribution in [-0.4, -0.2) is 56.0 Å². The molecule has 134 valence electrons. The second kappa shape index (κ2) is 8.35. The molecule has 1 fully saturated rings. The number of aromatic nitrogens is 3. The number of aryl methyl sites for hydroxylation is 1. The molecule has 8 heteroatoms. The molecule has 7 nitrogen and oxygen atoms in total. The SMILES string of the molecule is Cc1nc(SCC(=O)N[C@H]2CCCN(Cc3cccc(O)c3)C2)n[nH]1. The first-order chi connectivity index (χ1) is 12.1. The lowest BCUT2D eigenvalue weighted by atomic mass is 10.0. The van der Waals surface area contributed by atoms with Gasteiger partial charge < -0.3 is 10.4 Å². The van der Waals surface area contributed by atoms with E-state index in [1.165, 1.54) is 11.8 Å². The number of aromatic hydroxyl groups is 1. The van der Waals surface area contributed by atoms with Crippen molar-refractivity contribution in [3.8, 4) is 5.75 Å². The summed E-state index contributed by atoms with van der Waals surface area (Å²) in [4.78, 5) is 18.6. The number of rotatable bonds is 6. The summed E-state index contributed by atoms with van der Waals surface area (Å²) >= 11 is 1.34. The lowest BCUT2D eigenvalue weighted by Gasteiger charge is -2.33. The van der Waals surface area contributed by atoms with Crippen LogP contribution in [0.25, 0.3) is 0 Å². The van der Waals surface area contributed by atoms with E-state index in [1.54, 1.807) is 12.1 Å². The standard InChI is InChI=1S/C17H23N5O2S/c1-12-18-17(21-20-12)25-11-16(24)19-14-5-3-7-22(10-14)9-13-4-2-6-15(23)8-13/h2,4,6,8,14,23H,3,5,7,9-11H2,1H3,(H,19,24)(H,18,20,21)/t14-/m0/s1. The Bertz CT molecular complexity index is 721. The van der Waals surface area contributed by atoms with Gasteiger partial charge in [-0.25, -0.2) is 4.98 Å². The largest absolute Gasteiger partial charge is 0.508 e. The summed E-state index contributed by atoms with van der Waals surface area (Å²) in [5.41, 5.74) is 1.09. The highest BCUT2D eigenvalue weighted by Gasteiger charge is 2.21. The Morgan fingerprint density at radius 1 is 1.52 bits per heavy atom. The first-order valence-electron chi connectivity index (χ1n) is 8.40. The van der Waals surface area contributed by atoms with E-state index in [1.807, 2.05) is 19.1 Å². The summed E-state index contributed by atoms with van der Waals surface area (Å²) in [5.74, 6) is 1.37. The molecule has 0 bridgehead atoms. The number of carbonyl (C=O) groups excluding carboxylic acids is 1. The van der Waals surface area contributed by atoms with Crippen molar-refractivity contribution in [2.75, 3.05) is 18.8 Å². The van der Waals surface area contributed by atoms with Crippen molar-refractivity contribution < 1.29 is 9.90 Å². The molecule has 1 atom stereocenters. The number of piperidine rings is 1. The van der Waals surface area contributed by atoms with Gasteiger partial charge in [0.2, 0.25) is 11.1 Å². The van der Waals surface area contributed by atoms with Gasteiger partial charge in [0.15, 0.2) is 0 Å². The number of likely N-dealkylation sites (tertiary alicyclic amines) is 1. The molecular weight excluding hydrogens is 338 g/mol. The molecule has 1 aromatic heterocycles. The van der Waals surface area contributed by atoms with Crippen LogP contribution in [0.3, 0.4) is 0 Å². The van der Waals surface area contributed by atoms with Crippen LogP contribution in [0.5, 0.6) is 5.75 Å². The fourth-order valence-electron chi connectivity index (χ4n) is 3.02. The first-order valence-corrected chi connectivity index (χ1v) is 9.38. The average Bonchev–Trinajstić information content (AvgIpc) is 2.99. The number of amides is 1. The molecule has 0 unspecified atom stereocenters. The molecule has 2 aromatic rings. The summed E-state index contributed by atoms with van der Waals surface area (Å²) < 4.78 is 0. The quantitative estimate of drug-likeness (QED) is 0.678. The van der Waals surface area contributed by atoms with E-state index in [0.29, 0.717) is 16.7 Å². The number of phenols is 1. The molecule has 0 saturated carbocycles. The third-order valence-corrected chi connectivity index (χ3v) is 4.94. The van der Waals surface area contributed by atoms with Gasteiger partial charge in [0.25, 0.3) is 0 Å². The smallest absolute Gasteiger partial charge is 0.230 e. The van der Waals surface area contributed by atoms with E-state index >= 15 is 0 Å². The normalized spacial score (nSPS) is 18.2. The molecule has 1 aliphatic heterocycles. The van der Waals surface area contributed by atoms with Crippen molar-refractivity contribution in [1.29, 1.82) is 0 Å². The van der Waals surface area contributed by atoms with Crippen LogP contribution in [-0.2, 0) is 11.3 Å². The first kappa shape index (κ1) is 17.8. The van der Waals surface area contributed by atoms with Gasteiger partial charge in [0, 0.05) is 19.1 Å². The Labute approximate surface area is 151 Å². The molecule has 0 aliphatic carbocycles. The number of H-pyrrole nitrogens is 1. The predicted molar refractivity (Wildman–Crippen MR) is 96.4 cm³/mol. The monoisotopic (exact) mass is 361 g/mol. The molecule has 1 aliphatic rings. The Morgan fingerprint density at radius 2 is 2.40 bits per heavy atom. The van der Waals surface area contributed by atoms with Gasteiger partial charge in [0.1, 0.15) is 11.6 Å². The van der Waals surface area contributed by atoms with Crippen molar-refractivity contribution in [2.24, 2.45) is 0 Å². The molecule has 2 heterocycles. The van der Waals surface area contributed by atoms with Crippen LogP contribution in [0, 0.1) is 6.92 Å². The summed E-state index contributed by atoms with van der Waals surface area (Å²) in [6.07, 6.45) is 2.05. The van der Waals surface area contributed by atoms with Crippen LogP contribution in [0.1, 0.15) is 24.2 Å². The maximum atomic E-state index is 12.2. The maximum absolute atomic E-state index is 12.2. The number of aromatic amines is 1. The number of carbonyl (C=O) groups is 1. The molecule has 0 radical (unpaired) electrons. The number of hydrogen-bond acceptors (Lipinski definition) is 6. The number of nitrogens with one attached hydrogen (secondary N) is 2.